The van der Waals surface area contributed by atoms with Crippen molar-refractivity contribution in [2.75, 3.05) is 41.0 Å². The molecule has 0 aromatic heterocycles. The Hall–Kier alpha value is -5.38. The molecule has 232 valence electrons. The lowest BCUT2D eigenvalue weighted by atomic mass is 9.87. The lowest BCUT2D eigenvalue weighted by molar-refractivity contribution is 0.0693. The maximum atomic E-state index is 14.2. The van der Waals surface area contributed by atoms with Gasteiger partial charge in [0, 0.05) is 18.7 Å². The Morgan fingerprint density at radius 3 is 2.44 bits per heavy atom. The van der Waals surface area contributed by atoms with Gasteiger partial charge in [-0.15, -0.1) is 0 Å². The summed E-state index contributed by atoms with van der Waals surface area (Å²) in [6.07, 6.45) is 1.10. The largest absolute Gasteiger partial charge is 0.507 e. The van der Waals surface area contributed by atoms with Crippen LogP contribution in [0.3, 0.4) is 0 Å². The smallest absolute Gasteiger partial charge is 0.255 e. The lowest BCUT2D eigenvalue weighted by Crippen LogP contribution is -2.40. The number of nitrogens with zero attached hydrogens (tertiary/aromatic N) is 1. The van der Waals surface area contributed by atoms with E-state index < -0.39 is 11.9 Å². The molecule has 1 atom stereocenters. The van der Waals surface area contributed by atoms with E-state index in [4.69, 9.17) is 23.7 Å². The average Bonchev–Trinajstić information content (AvgIpc) is 3.07. The molecule has 1 unspecified atom stereocenters. The van der Waals surface area contributed by atoms with Crippen LogP contribution in [0.2, 0.25) is 0 Å². The molecule has 4 aromatic carbocycles. The summed E-state index contributed by atoms with van der Waals surface area (Å²) in [5, 5.41) is 13.2. The number of benzene rings is 4. The Morgan fingerprint density at radius 2 is 1.64 bits per heavy atom. The van der Waals surface area contributed by atoms with E-state index in [1.165, 1.54) is 12.1 Å². The van der Waals surface area contributed by atoms with Crippen molar-refractivity contribution >= 4 is 11.8 Å². The maximum Gasteiger partial charge on any atom is 0.255 e. The second kappa shape index (κ2) is 12.7. The van der Waals surface area contributed by atoms with Gasteiger partial charge < -0.3 is 39.0 Å². The van der Waals surface area contributed by atoms with Crippen LogP contribution >= 0.6 is 0 Å². The van der Waals surface area contributed by atoms with Crippen molar-refractivity contribution in [1.29, 1.82) is 0 Å². The molecular weight excluding hydrogens is 576 g/mol. The van der Waals surface area contributed by atoms with E-state index in [1.807, 2.05) is 41.3 Å². The number of carbonyl (C=O) groups is 2. The summed E-state index contributed by atoms with van der Waals surface area (Å²) in [7, 11) is 4.67. The monoisotopic (exact) mass is 610 g/mol. The van der Waals surface area contributed by atoms with E-state index in [0.29, 0.717) is 72.6 Å². The first kappa shape index (κ1) is 29.7. The first-order valence-corrected chi connectivity index (χ1v) is 14.7. The van der Waals surface area contributed by atoms with E-state index in [1.54, 1.807) is 45.6 Å². The lowest BCUT2D eigenvalue weighted by Gasteiger charge is -2.38. The van der Waals surface area contributed by atoms with Gasteiger partial charge in [0.1, 0.15) is 17.2 Å². The third-order valence-electron chi connectivity index (χ3n) is 8.05. The topological polar surface area (TPSA) is 116 Å². The summed E-state index contributed by atoms with van der Waals surface area (Å²) in [5.41, 5.74) is 3.42. The third kappa shape index (κ3) is 5.91. The second-order valence-electron chi connectivity index (χ2n) is 10.7. The van der Waals surface area contributed by atoms with Gasteiger partial charge in [-0.3, -0.25) is 9.59 Å². The molecular formula is C35H34N2O8. The number of ether oxygens (including phenoxy) is 5. The maximum absolute atomic E-state index is 14.2. The summed E-state index contributed by atoms with van der Waals surface area (Å²) in [6, 6.07) is 20.8. The summed E-state index contributed by atoms with van der Waals surface area (Å²) >= 11 is 0. The summed E-state index contributed by atoms with van der Waals surface area (Å²) < 4.78 is 28.8. The molecule has 0 spiro atoms. The number of phenolic OH excluding ortho intramolecular Hbond substituents is 1. The van der Waals surface area contributed by atoms with Gasteiger partial charge >= 0.3 is 0 Å². The molecule has 45 heavy (non-hydrogen) atoms. The highest BCUT2D eigenvalue weighted by Crippen LogP contribution is 2.42. The van der Waals surface area contributed by atoms with Gasteiger partial charge in [0.2, 0.25) is 0 Å². The minimum absolute atomic E-state index is 0.117. The van der Waals surface area contributed by atoms with Gasteiger partial charge in [0.25, 0.3) is 11.8 Å². The molecule has 0 fully saturated rings. The number of phenols is 1. The molecule has 2 amide bonds. The zero-order valence-corrected chi connectivity index (χ0v) is 25.3. The average molecular weight is 611 g/mol. The Balaban J connectivity index is 1.45. The van der Waals surface area contributed by atoms with E-state index in [9.17, 15) is 14.7 Å². The number of rotatable bonds is 4. The fourth-order valence-electron chi connectivity index (χ4n) is 5.80. The number of amides is 2. The Morgan fingerprint density at radius 1 is 0.889 bits per heavy atom. The first-order valence-electron chi connectivity index (χ1n) is 14.7. The van der Waals surface area contributed by atoms with E-state index in [-0.39, 0.29) is 17.2 Å². The number of aromatic hydroxyl groups is 1. The molecule has 0 saturated carbocycles. The number of fused-ring (bicyclic) bond motifs is 6. The van der Waals surface area contributed by atoms with Gasteiger partial charge in [-0.1, -0.05) is 12.1 Å². The molecule has 8 bridgehead atoms. The van der Waals surface area contributed by atoms with Crippen LogP contribution in [0.25, 0.3) is 0 Å². The second-order valence-corrected chi connectivity index (χ2v) is 10.7. The Kier molecular flexibility index (Phi) is 8.37. The molecule has 0 aliphatic carbocycles. The van der Waals surface area contributed by atoms with E-state index in [2.05, 4.69) is 5.32 Å². The predicted molar refractivity (Wildman–Crippen MR) is 166 cm³/mol. The molecule has 0 radical (unpaired) electrons. The fourth-order valence-corrected chi connectivity index (χ4v) is 5.80. The van der Waals surface area contributed by atoms with Crippen LogP contribution in [0.4, 0.5) is 0 Å². The zero-order valence-electron chi connectivity index (χ0n) is 25.3. The first-order chi connectivity index (χ1) is 21.9. The van der Waals surface area contributed by atoms with Crippen LogP contribution < -0.4 is 29.0 Å². The standard InChI is InChI=1S/C35H34N2O8/c1-41-29-12-6-23(19-31(29)43-3)35(40)37-15-13-21-17-24-7-9-26(21)33(37)22-5-11-30(42-2)32(18-22)44-16-4-14-36-34(39)27-20-25(45-24)8-10-28(27)38/h5-12,17-20,33,38H,4,13-16H2,1-3H3,(H,36,39). The number of methoxy groups -OCH3 is 3. The summed E-state index contributed by atoms with van der Waals surface area (Å²) in [6.45, 7) is 1.07. The molecule has 0 saturated heterocycles. The van der Waals surface area contributed by atoms with Crippen LogP contribution in [-0.2, 0) is 6.42 Å². The molecule has 3 heterocycles. The minimum atomic E-state index is -0.435. The predicted octanol–water partition coefficient (Wildman–Crippen LogP) is 5.51. The Bertz CT molecular complexity index is 1750. The van der Waals surface area contributed by atoms with E-state index >= 15 is 0 Å². The van der Waals surface area contributed by atoms with E-state index in [0.717, 1.165) is 16.7 Å². The van der Waals surface area contributed by atoms with Crippen molar-refractivity contribution in [2.45, 2.75) is 18.9 Å². The normalized spacial score (nSPS) is 15.9. The molecule has 2 N–H and O–H groups in total. The van der Waals surface area contributed by atoms with Crippen molar-refractivity contribution in [1.82, 2.24) is 10.2 Å². The van der Waals surface area contributed by atoms with Crippen LogP contribution in [0, 0.1) is 0 Å². The van der Waals surface area contributed by atoms with Crippen LogP contribution in [0.15, 0.2) is 72.8 Å². The van der Waals surface area contributed by atoms with Gasteiger partial charge in [-0.2, -0.15) is 0 Å². The van der Waals surface area contributed by atoms with Gasteiger partial charge in [-0.05, 0) is 90.2 Å². The van der Waals surface area contributed by atoms with Gasteiger partial charge in [-0.25, -0.2) is 0 Å². The number of carbonyl (C=O) groups excluding carboxylic acids is 2. The number of hydrogen-bond acceptors (Lipinski definition) is 8. The molecule has 4 aromatic rings. The minimum Gasteiger partial charge on any atom is -0.507 e. The quantitative estimate of drug-likeness (QED) is 0.311. The van der Waals surface area contributed by atoms with Gasteiger partial charge in [0.15, 0.2) is 23.0 Å². The number of nitrogens with one attached hydrogen (secondary N) is 1. The van der Waals surface area contributed by atoms with Gasteiger partial charge in [0.05, 0.1) is 39.5 Å². The highest BCUT2D eigenvalue weighted by atomic mass is 16.5. The highest BCUT2D eigenvalue weighted by molar-refractivity contribution is 5.97. The SMILES string of the molecule is COc1ccc(C(=O)N2CCc3cc4ccc3C2c2ccc(OC)c(c2)OCCCNC(=O)c2cc(ccc2O)O4)cc1OC. The van der Waals surface area contributed by atoms with Crippen LogP contribution in [-0.4, -0.2) is 62.8 Å². The molecule has 3 aliphatic rings. The molecule has 3 aliphatic heterocycles. The van der Waals surface area contributed by atoms with Crippen LogP contribution in [0.1, 0.15) is 49.9 Å². The molecule has 10 heteroatoms. The summed E-state index contributed by atoms with van der Waals surface area (Å²) in [5.74, 6) is 2.38. The van der Waals surface area contributed by atoms with Crippen molar-refractivity contribution in [3.8, 4) is 40.2 Å². The third-order valence-corrected chi connectivity index (χ3v) is 8.05. The number of hydrogen-bond donors (Lipinski definition) is 2. The van der Waals surface area contributed by atoms with Crippen molar-refractivity contribution in [3.63, 3.8) is 0 Å². The fraction of sp³-hybridized carbons (Fsp3) is 0.257. The van der Waals surface area contributed by atoms with Crippen LogP contribution in [0.5, 0.6) is 40.2 Å². The van der Waals surface area contributed by atoms with Crippen molar-refractivity contribution < 1.29 is 38.4 Å². The van der Waals surface area contributed by atoms with Crippen molar-refractivity contribution in [3.05, 3.63) is 101 Å². The van der Waals surface area contributed by atoms with Crippen molar-refractivity contribution in [2.24, 2.45) is 0 Å². The highest BCUT2D eigenvalue weighted by Gasteiger charge is 2.34. The molecule has 7 rings (SSSR count). The molecule has 10 nitrogen and oxygen atoms in total. The zero-order chi connectivity index (χ0) is 31.5. The summed E-state index contributed by atoms with van der Waals surface area (Å²) in [4.78, 5) is 28.9. The Labute approximate surface area is 261 Å².